The number of likely N-dealkylation sites (N-methyl/N-ethyl adjacent to an activating group) is 1. The zero-order valence-electron chi connectivity index (χ0n) is 11.3. The van der Waals surface area contributed by atoms with Crippen LogP contribution in [0.5, 0.6) is 11.5 Å². The van der Waals surface area contributed by atoms with Crippen molar-refractivity contribution in [2.75, 3.05) is 13.6 Å². The molecule has 2 amide bonds. The molecule has 6 nitrogen and oxygen atoms in total. The summed E-state index contributed by atoms with van der Waals surface area (Å²) in [5.74, 6) is -1.31. The third-order valence-corrected chi connectivity index (χ3v) is 3.55. The SMILES string of the molecule is CNC(=O)C1CCCCN1C(=O)c1c(O)cccc1O. The molecule has 0 aromatic heterocycles. The maximum atomic E-state index is 12.5. The maximum absolute atomic E-state index is 12.5. The van der Waals surface area contributed by atoms with E-state index in [2.05, 4.69) is 5.32 Å². The standard InChI is InChI=1S/C14H18N2O4/c1-15-13(19)9-5-2-3-8-16(9)14(20)12-10(17)6-4-7-11(12)18/h4,6-7,9,17-18H,2-3,5,8H2,1H3,(H,15,19). The number of hydrogen-bond donors (Lipinski definition) is 3. The number of nitrogens with one attached hydrogen (secondary N) is 1. The molecule has 0 aliphatic carbocycles. The molecule has 6 heteroatoms. The van der Waals surface area contributed by atoms with Crippen LogP contribution in [0.2, 0.25) is 0 Å². The Hall–Kier alpha value is -2.24. The van der Waals surface area contributed by atoms with Crippen LogP contribution in [0, 0.1) is 0 Å². The van der Waals surface area contributed by atoms with E-state index >= 15 is 0 Å². The Morgan fingerprint density at radius 2 is 1.90 bits per heavy atom. The summed E-state index contributed by atoms with van der Waals surface area (Å²) in [6, 6.07) is 3.58. The molecule has 1 aliphatic rings. The molecule has 0 bridgehead atoms. The van der Waals surface area contributed by atoms with Gasteiger partial charge in [-0.3, -0.25) is 9.59 Å². The number of hydrogen-bond acceptors (Lipinski definition) is 4. The highest BCUT2D eigenvalue weighted by Gasteiger charge is 2.34. The van der Waals surface area contributed by atoms with Crippen molar-refractivity contribution >= 4 is 11.8 Å². The largest absolute Gasteiger partial charge is 0.507 e. The summed E-state index contributed by atoms with van der Waals surface area (Å²) >= 11 is 0. The Bertz CT molecular complexity index is 510. The zero-order valence-corrected chi connectivity index (χ0v) is 11.3. The number of carbonyl (C=O) groups is 2. The molecule has 1 aliphatic heterocycles. The second-order valence-corrected chi connectivity index (χ2v) is 4.80. The van der Waals surface area contributed by atoms with E-state index < -0.39 is 11.9 Å². The quantitative estimate of drug-likeness (QED) is 0.747. The van der Waals surface area contributed by atoms with Crippen LogP contribution in [0.25, 0.3) is 0 Å². The van der Waals surface area contributed by atoms with E-state index in [0.29, 0.717) is 13.0 Å². The molecule has 0 saturated carbocycles. The van der Waals surface area contributed by atoms with Gasteiger partial charge >= 0.3 is 0 Å². The van der Waals surface area contributed by atoms with E-state index in [1.54, 1.807) is 0 Å². The number of nitrogens with zero attached hydrogens (tertiary/aromatic N) is 1. The smallest absolute Gasteiger partial charge is 0.262 e. The molecule has 1 aromatic rings. The summed E-state index contributed by atoms with van der Waals surface area (Å²) in [5.41, 5.74) is -0.150. The van der Waals surface area contributed by atoms with Crippen molar-refractivity contribution in [3.63, 3.8) is 0 Å². The average molecular weight is 278 g/mol. The van der Waals surface area contributed by atoms with Crippen LogP contribution in [0.4, 0.5) is 0 Å². The van der Waals surface area contributed by atoms with Crippen LogP contribution in [0.1, 0.15) is 29.6 Å². The first-order chi connectivity index (χ1) is 9.56. The van der Waals surface area contributed by atoms with Crippen molar-refractivity contribution in [2.45, 2.75) is 25.3 Å². The van der Waals surface area contributed by atoms with Gasteiger partial charge in [0.15, 0.2) is 0 Å². The van der Waals surface area contributed by atoms with Crippen molar-refractivity contribution in [3.8, 4) is 11.5 Å². The lowest BCUT2D eigenvalue weighted by Crippen LogP contribution is -2.51. The Morgan fingerprint density at radius 1 is 1.25 bits per heavy atom. The molecule has 1 atom stereocenters. The van der Waals surface area contributed by atoms with Crippen LogP contribution in [-0.4, -0.2) is 46.6 Å². The van der Waals surface area contributed by atoms with Gasteiger partial charge < -0.3 is 20.4 Å². The second kappa shape index (κ2) is 5.81. The Kier molecular flexibility index (Phi) is 4.12. The van der Waals surface area contributed by atoms with Crippen LogP contribution >= 0.6 is 0 Å². The van der Waals surface area contributed by atoms with Gasteiger partial charge in [-0.05, 0) is 31.4 Å². The molecule has 20 heavy (non-hydrogen) atoms. The lowest BCUT2D eigenvalue weighted by Gasteiger charge is -2.34. The topological polar surface area (TPSA) is 89.9 Å². The number of carbonyl (C=O) groups excluding carboxylic acids is 2. The molecule has 1 aromatic carbocycles. The summed E-state index contributed by atoms with van der Waals surface area (Å²) in [6.07, 6.45) is 2.25. The monoisotopic (exact) mass is 278 g/mol. The van der Waals surface area contributed by atoms with E-state index in [4.69, 9.17) is 0 Å². The fourth-order valence-electron chi connectivity index (χ4n) is 2.50. The minimum Gasteiger partial charge on any atom is -0.507 e. The lowest BCUT2D eigenvalue weighted by atomic mass is 9.99. The van der Waals surface area contributed by atoms with Gasteiger partial charge in [0.25, 0.3) is 5.91 Å². The third-order valence-electron chi connectivity index (χ3n) is 3.55. The highest BCUT2D eigenvalue weighted by atomic mass is 16.3. The summed E-state index contributed by atoms with van der Waals surface area (Å²) < 4.78 is 0. The first-order valence-electron chi connectivity index (χ1n) is 6.59. The molecule has 2 rings (SSSR count). The number of benzene rings is 1. The van der Waals surface area contributed by atoms with E-state index in [0.717, 1.165) is 12.8 Å². The van der Waals surface area contributed by atoms with Gasteiger partial charge in [0.05, 0.1) is 0 Å². The van der Waals surface area contributed by atoms with Gasteiger partial charge in [0.1, 0.15) is 23.1 Å². The number of piperidine rings is 1. The molecule has 1 unspecified atom stereocenters. The highest BCUT2D eigenvalue weighted by molar-refractivity contribution is 6.01. The van der Waals surface area contributed by atoms with Crippen molar-refractivity contribution in [3.05, 3.63) is 23.8 Å². The van der Waals surface area contributed by atoms with Crippen molar-refractivity contribution in [1.82, 2.24) is 10.2 Å². The maximum Gasteiger partial charge on any atom is 0.262 e. The molecule has 108 valence electrons. The molecule has 1 fully saturated rings. The fourth-order valence-corrected chi connectivity index (χ4v) is 2.50. The van der Waals surface area contributed by atoms with Gasteiger partial charge in [0.2, 0.25) is 5.91 Å². The van der Waals surface area contributed by atoms with Crippen molar-refractivity contribution in [2.24, 2.45) is 0 Å². The van der Waals surface area contributed by atoms with Crippen LogP contribution in [0.3, 0.4) is 0 Å². The molecule has 1 saturated heterocycles. The Labute approximate surface area is 117 Å². The van der Waals surface area contributed by atoms with Gasteiger partial charge in [-0.15, -0.1) is 0 Å². The highest BCUT2D eigenvalue weighted by Crippen LogP contribution is 2.30. The molecular formula is C14H18N2O4. The van der Waals surface area contributed by atoms with Gasteiger partial charge in [-0.1, -0.05) is 6.07 Å². The molecule has 0 spiro atoms. The zero-order chi connectivity index (χ0) is 14.7. The summed E-state index contributed by atoms with van der Waals surface area (Å²) in [5, 5.41) is 22.1. The third kappa shape index (κ3) is 2.54. The van der Waals surface area contributed by atoms with E-state index in [9.17, 15) is 19.8 Å². The second-order valence-electron chi connectivity index (χ2n) is 4.80. The van der Waals surface area contributed by atoms with Gasteiger partial charge in [-0.2, -0.15) is 0 Å². The molecular weight excluding hydrogens is 260 g/mol. The summed E-state index contributed by atoms with van der Waals surface area (Å²) in [7, 11) is 1.52. The lowest BCUT2D eigenvalue weighted by molar-refractivity contribution is -0.126. The number of aromatic hydroxyl groups is 2. The van der Waals surface area contributed by atoms with Crippen LogP contribution in [-0.2, 0) is 4.79 Å². The number of likely N-dealkylation sites (tertiary alicyclic amines) is 1. The van der Waals surface area contributed by atoms with Crippen LogP contribution in [0.15, 0.2) is 18.2 Å². The number of phenols is 2. The van der Waals surface area contributed by atoms with E-state index in [1.807, 2.05) is 0 Å². The van der Waals surface area contributed by atoms with Crippen LogP contribution < -0.4 is 5.32 Å². The number of rotatable bonds is 2. The first kappa shape index (κ1) is 14.2. The minimum absolute atomic E-state index is 0.150. The summed E-state index contributed by atoms with van der Waals surface area (Å²) in [6.45, 7) is 0.435. The van der Waals surface area contributed by atoms with E-state index in [-0.39, 0.29) is 23.0 Å². The molecule has 1 heterocycles. The normalized spacial score (nSPS) is 18.6. The number of amides is 2. The molecule has 3 N–H and O–H groups in total. The Balaban J connectivity index is 2.33. The minimum atomic E-state index is -0.555. The van der Waals surface area contributed by atoms with E-state index in [1.165, 1.54) is 30.1 Å². The number of phenolic OH excluding ortho intramolecular Hbond substituents is 2. The fraction of sp³-hybridized carbons (Fsp3) is 0.429. The van der Waals surface area contributed by atoms with Gasteiger partial charge in [0, 0.05) is 13.6 Å². The molecule has 0 radical (unpaired) electrons. The van der Waals surface area contributed by atoms with Crippen molar-refractivity contribution in [1.29, 1.82) is 0 Å². The average Bonchev–Trinajstić information content (AvgIpc) is 2.46. The first-order valence-corrected chi connectivity index (χ1v) is 6.59. The van der Waals surface area contributed by atoms with Crippen molar-refractivity contribution < 1.29 is 19.8 Å². The Morgan fingerprint density at radius 3 is 2.50 bits per heavy atom. The van der Waals surface area contributed by atoms with Gasteiger partial charge in [-0.25, -0.2) is 0 Å². The predicted octanol–water partition coefficient (Wildman–Crippen LogP) is 0.838. The predicted molar refractivity (Wildman–Crippen MR) is 72.5 cm³/mol. The summed E-state index contributed by atoms with van der Waals surface area (Å²) in [4.78, 5) is 25.8.